The van der Waals surface area contributed by atoms with Gasteiger partial charge in [-0.2, -0.15) is 5.10 Å². The van der Waals surface area contributed by atoms with Crippen molar-refractivity contribution >= 4 is 30.1 Å². The second kappa shape index (κ2) is 4.41. The summed E-state index contributed by atoms with van der Waals surface area (Å²) in [6.07, 6.45) is 1.53. The number of fused-ring (bicyclic) bond motifs is 1. The minimum atomic E-state index is -0.255. The predicted molar refractivity (Wildman–Crippen MR) is 76.2 cm³/mol. The van der Waals surface area contributed by atoms with Gasteiger partial charge in [0.15, 0.2) is 0 Å². The highest BCUT2D eigenvalue weighted by molar-refractivity contribution is 7.14. The lowest BCUT2D eigenvalue weighted by atomic mass is 9.91. The quantitative estimate of drug-likeness (QED) is 0.671. The molecule has 0 bridgehead atoms. The van der Waals surface area contributed by atoms with Crippen LogP contribution < -0.4 is 0 Å². The molecule has 0 saturated heterocycles. The lowest BCUT2D eigenvalue weighted by Crippen LogP contribution is -1.95. The van der Waals surface area contributed by atoms with Crippen molar-refractivity contribution in [2.24, 2.45) is 0 Å². The number of halogens is 1. The highest BCUT2D eigenvalue weighted by Crippen LogP contribution is 2.25. The fourth-order valence-electron chi connectivity index (χ4n) is 1.91. The maximum Gasteiger partial charge on any atom is 0.233 e. The normalized spacial score (nSPS) is 13.0. The van der Waals surface area contributed by atoms with Gasteiger partial charge in [0.2, 0.25) is 5.13 Å². The molecule has 4 nitrogen and oxygen atoms in total. The van der Waals surface area contributed by atoms with E-state index in [0.29, 0.717) is 16.3 Å². The molecular formula is C12H12BFN4S. The summed E-state index contributed by atoms with van der Waals surface area (Å²) in [5, 5.41) is 14.6. The Kier molecular flexibility index (Phi) is 2.85. The van der Waals surface area contributed by atoms with Gasteiger partial charge in [-0.15, -0.1) is 10.2 Å². The molecule has 1 atom stereocenters. The number of benzene rings is 1. The van der Waals surface area contributed by atoms with E-state index in [1.54, 1.807) is 4.68 Å². The van der Waals surface area contributed by atoms with E-state index in [4.69, 9.17) is 0 Å². The Morgan fingerprint density at radius 2 is 2.16 bits per heavy atom. The van der Waals surface area contributed by atoms with E-state index < -0.39 is 0 Å². The first-order valence-electron chi connectivity index (χ1n) is 6.04. The fraction of sp³-hybridized carbons (Fsp3) is 0.250. The summed E-state index contributed by atoms with van der Waals surface area (Å²) in [4.78, 5) is 0. The minimum Gasteiger partial charge on any atom is -0.206 e. The molecule has 96 valence electrons. The monoisotopic (exact) mass is 274 g/mol. The van der Waals surface area contributed by atoms with Crippen LogP contribution in [0.25, 0.3) is 16.0 Å². The van der Waals surface area contributed by atoms with Crippen LogP contribution in [0.15, 0.2) is 18.3 Å². The lowest BCUT2D eigenvalue weighted by Gasteiger charge is -2.00. The van der Waals surface area contributed by atoms with Gasteiger partial charge in [0.05, 0.1) is 17.1 Å². The van der Waals surface area contributed by atoms with E-state index in [-0.39, 0.29) is 5.82 Å². The first kappa shape index (κ1) is 12.3. The van der Waals surface area contributed by atoms with E-state index >= 15 is 0 Å². The number of aryl methyl sites for hydroxylation is 1. The summed E-state index contributed by atoms with van der Waals surface area (Å²) >= 11 is 1.48. The average molecular weight is 274 g/mol. The molecule has 0 amide bonds. The van der Waals surface area contributed by atoms with Gasteiger partial charge in [-0.05, 0) is 30.4 Å². The van der Waals surface area contributed by atoms with Gasteiger partial charge in [0.1, 0.15) is 18.7 Å². The third kappa shape index (κ3) is 2.04. The van der Waals surface area contributed by atoms with Crippen molar-refractivity contribution in [3.63, 3.8) is 0 Å². The molecule has 0 N–H and O–H groups in total. The molecule has 0 aliphatic rings. The molecule has 0 fully saturated rings. The molecule has 1 aromatic carbocycles. The summed E-state index contributed by atoms with van der Waals surface area (Å²) in [5.74, 6) is 0.0707. The van der Waals surface area contributed by atoms with Crippen LogP contribution >= 0.6 is 11.3 Å². The summed E-state index contributed by atoms with van der Waals surface area (Å²) in [6.45, 7) is 3.93. The van der Waals surface area contributed by atoms with Crippen molar-refractivity contribution in [2.75, 3.05) is 0 Å². The molecule has 0 saturated carbocycles. The van der Waals surface area contributed by atoms with Crippen molar-refractivity contribution in [1.29, 1.82) is 0 Å². The van der Waals surface area contributed by atoms with Crippen LogP contribution in [0.2, 0.25) is 0 Å². The molecule has 1 unspecified atom stereocenters. The van der Waals surface area contributed by atoms with E-state index in [9.17, 15) is 4.39 Å². The van der Waals surface area contributed by atoms with Crippen molar-refractivity contribution < 1.29 is 4.39 Å². The number of aromatic nitrogens is 4. The highest BCUT2D eigenvalue weighted by Gasteiger charge is 2.14. The zero-order valence-electron chi connectivity index (χ0n) is 10.9. The Morgan fingerprint density at radius 1 is 1.37 bits per heavy atom. The van der Waals surface area contributed by atoms with Gasteiger partial charge >= 0.3 is 0 Å². The van der Waals surface area contributed by atoms with Gasteiger partial charge in [0, 0.05) is 0 Å². The third-order valence-corrected chi connectivity index (χ3v) is 4.09. The Hall–Kier alpha value is -1.76. The molecule has 0 radical (unpaired) electrons. The van der Waals surface area contributed by atoms with Crippen LogP contribution in [-0.2, 0) is 0 Å². The zero-order valence-corrected chi connectivity index (χ0v) is 11.7. The standard InChI is InChI=1S/C12H12BFN4S/c1-6-3-9(14)8-5-15-18(10(8)4-6)12-17-16-11(19-12)7(2)13/h3-5,7H,13H2,1-2H3. The van der Waals surface area contributed by atoms with Gasteiger partial charge in [-0.25, -0.2) is 9.07 Å². The van der Waals surface area contributed by atoms with E-state index in [0.717, 1.165) is 16.1 Å². The summed E-state index contributed by atoms with van der Waals surface area (Å²) in [7, 11) is 2.06. The van der Waals surface area contributed by atoms with Crippen molar-refractivity contribution in [3.8, 4) is 5.13 Å². The van der Waals surface area contributed by atoms with E-state index in [1.165, 1.54) is 23.6 Å². The topological polar surface area (TPSA) is 43.6 Å². The maximum absolute atomic E-state index is 13.8. The zero-order chi connectivity index (χ0) is 13.6. The molecule has 19 heavy (non-hydrogen) atoms. The van der Waals surface area contributed by atoms with Gasteiger partial charge in [-0.1, -0.05) is 18.3 Å². The average Bonchev–Trinajstić information content (AvgIpc) is 2.93. The molecular weight excluding hydrogens is 262 g/mol. The minimum absolute atomic E-state index is 0.255. The smallest absolute Gasteiger partial charge is 0.206 e. The van der Waals surface area contributed by atoms with Crippen LogP contribution in [0.1, 0.15) is 23.3 Å². The Bertz CT molecular complexity index is 749. The first-order chi connectivity index (χ1) is 9.06. The number of hydrogen-bond acceptors (Lipinski definition) is 4. The largest absolute Gasteiger partial charge is 0.233 e. The van der Waals surface area contributed by atoms with Crippen molar-refractivity contribution in [2.45, 2.75) is 19.7 Å². The Balaban J connectivity index is 2.19. The Morgan fingerprint density at radius 3 is 2.84 bits per heavy atom. The van der Waals surface area contributed by atoms with Gasteiger partial charge < -0.3 is 0 Å². The molecule has 3 rings (SSSR count). The molecule has 2 heterocycles. The van der Waals surface area contributed by atoms with Crippen molar-refractivity contribution in [1.82, 2.24) is 20.0 Å². The van der Waals surface area contributed by atoms with Crippen LogP contribution in [0.4, 0.5) is 4.39 Å². The number of nitrogens with zero attached hydrogens (tertiary/aromatic N) is 4. The molecule has 0 aliphatic heterocycles. The van der Waals surface area contributed by atoms with Crippen LogP contribution in [-0.4, -0.2) is 27.8 Å². The Labute approximate surface area is 114 Å². The molecule has 0 spiro atoms. The van der Waals surface area contributed by atoms with Crippen LogP contribution in [0, 0.1) is 12.7 Å². The van der Waals surface area contributed by atoms with Crippen LogP contribution in [0.3, 0.4) is 0 Å². The summed E-state index contributed by atoms with van der Waals surface area (Å²) < 4.78 is 15.5. The number of hydrogen-bond donors (Lipinski definition) is 0. The summed E-state index contributed by atoms with van der Waals surface area (Å²) in [5.41, 5.74) is 1.59. The molecule has 2 aromatic heterocycles. The fourth-order valence-corrected chi connectivity index (χ4v) is 2.73. The van der Waals surface area contributed by atoms with Crippen molar-refractivity contribution in [3.05, 3.63) is 34.7 Å². The third-order valence-electron chi connectivity index (χ3n) is 2.89. The van der Waals surface area contributed by atoms with Gasteiger partial charge in [-0.3, -0.25) is 0 Å². The SMILES string of the molecule is BC(C)c1nnc(-n2ncc3c(F)cc(C)cc32)s1. The van der Waals surface area contributed by atoms with Gasteiger partial charge in [0.25, 0.3) is 0 Å². The molecule has 3 aromatic rings. The lowest BCUT2D eigenvalue weighted by molar-refractivity contribution is 0.639. The highest BCUT2D eigenvalue weighted by atomic mass is 32.1. The molecule has 0 aliphatic carbocycles. The number of rotatable bonds is 2. The maximum atomic E-state index is 13.8. The second-order valence-corrected chi connectivity index (χ2v) is 5.80. The predicted octanol–water partition coefficient (Wildman–Crippen LogP) is 2.02. The molecule has 7 heteroatoms. The second-order valence-electron chi connectivity index (χ2n) is 4.81. The van der Waals surface area contributed by atoms with E-state index in [2.05, 4.69) is 30.1 Å². The summed E-state index contributed by atoms with van der Waals surface area (Å²) in [6, 6.07) is 3.41. The van der Waals surface area contributed by atoms with Crippen LogP contribution in [0.5, 0.6) is 0 Å². The van der Waals surface area contributed by atoms with E-state index in [1.807, 2.05) is 13.0 Å². The first-order valence-corrected chi connectivity index (χ1v) is 6.85.